The zero-order valence-electron chi connectivity index (χ0n) is 11.4. The van der Waals surface area contributed by atoms with Gasteiger partial charge in [0.15, 0.2) is 0 Å². The maximum atomic E-state index is 12.1. The molecule has 3 N–H and O–H groups in total. The minimum atomic E-state index is -1.26. The molecule has 0 aromatic carbocycles. The largest absolute Gasteiger partial charge is 0.393 e. The molecule has 19 heavy (non-hydrogen) atoms. The average molecular weight is 283 g/mol. The quantitative estimate of drug-likeness (QED) is 0.781. The van der Waals surface area contributed by atoms with Gasteiger partial charge in [0.2, 0.25) is 0 Å². The fourth-order valence-corrected chi connectivity index (χ4v) is 3.53. The third kappa shape index (κ3) is 3.35. The van der Waals surface area contributed by atoms with Gasteiger partial charge in [0.1, 0.15) is 5.60 Å². The molecule has 0 saturated heterocycles. The summed E-state index contributed by atoms with van der Waals surface area (Å²) >= 11 is 1.65. The summed E-state index contributed by atoms with van der Waals surface area (Å²) in [7, 11) is 0. The summed E-state index contributed by atoms with van der Waals surface area (Å²) in [4.78, 5) is 13.4. The van der Waals surface area contributed by atoms with Crippen LogP contribution in [-0.2, 0) is 12.8 Å². The minimum Gasteiger partial charge on any atom is -0.393 e. The van der Waals surface area contributed by atoms with E-state index in [9.17, 15) is 9.90 Å². The van der Waals surface area contributed by atoms with Crippen LogP contribution < -0.4 is 5.32 Å². The fraction of sp³-hybridized carbons (Fsp3) is 0.643. The van der Waals surface area contributed by atoms with E-state index in [1.165, 1.54) is 17.4 Å². The molecule has 0 bridgehead atoms. The Kier molecular flexibility index (Phi) is 4.28. The monoisotopic (exact) mass is 283 g/mol. The van der Waals surface area contributed by atoms with Crippen molar-refractivity contribution in [2.45, 2.75) is 38.7 Å². The van der Waals surface area contributed by atoms with E-state index < -0.39 is 5.60 Å². The summed E-state index contributed by atoms with van der Waals surface area (Å²) < 4.78 is 0. The molecule has 0 radical (unpaired) electrons. The smallest absolute Gasteiger partial charge is 0.252 e. The van der Waals surface area contributed by atoms with Gasteiger partial charge in [0.05, 0.1) is 12.2 Å². The topological polar surface area (TPSA) is 69.6 Å². The third-order valence-electron chi connectivity index (χ3n) is 3.62. The van der Waals surface area contributed by atoms with Gasteiger partial charge in [-0.2, -0.15) is 0 Å². The van der Waals surface area contributed by atoms with Crippen LogP contribution in [0.1, 0.15) is 41.1 Å². The Labute approximate surface area is 117 Å². The van der Waals surface area contributed by atoms with Crippen molar-refractivity contribution < 1.29 is 15.0 Å². The Balaban J connectivity index is 2.05. The molecule has 2 rings (SSSR count). The Morgan fingerprint density at radius 3 is 3.05 bits per heavy atom. The van der Waals surface area contributed by atoms with E-state index in [2.05, 4.69) is 12.2 Å². The van der Waals surface area contributed by atoms with Crippen molar-refractivity contribution >= 4 is 17.2 Å². The van der Waals surface area contributed by atoms with E-state index in [0.717, 1.165) is 24.8 Å². The van der Waals surface area contributed by atoms with Crippen LogP contribution in [0.3, 0.4) is 0 Å². The molecule has 0 spiro atoms. The van der Waals surface area contributed by atoms with Gasteiger partial charge in [0.25, 0.3) is 5.91 Å². The number of amides is 1. The van der Waals surface area contributed by atoms with Crippen LogP contribution in [0.25, 0.3) is 0 Å². The van der Waals surface area contributed by atoms with Crippen molar-refractivity contribution in [3.8, 4) is 0 Å². The van der Waals surface area contributed by atoms with E-state index in [1.54, 1.807) is 11.3 Å². The number of carbonyl (C=O) groups excluding carboxylic acids is 1. The van der Waals surface area contributed by atoms with Crippen LogP contribution in [0.4, 0.5) is 0 Å². The highest BCUT2D eigenvalue weighted by Gasteiger charge is 2.25. The van der Waals surface area contributed by atoms with Crippen molar-refractivity contribution in [1.29, 1.82) is 0 Å². The summed E-state index contributed by atoms with van der Waals surface area (Å²) in [6.45, 7) is 3.43. The molecule has 1 aromatic heterocycles. The Morgan fingerprint density at radius 1 is 1.63 bits per heavy atom. The summed E-state index contributed by atoms with van der Waals surface area (Å²) in [6, 6.07) is 0. The van der Waals surface area contributed by atoms with Crippen LogP contribution in [0.5, 0.6) is 0 Å². The molecule has 1 aromatic rings. The summed E-state index contributed by atoms with van der Waals surface area (Å²) in [5.74, 6) is 0.540. The molecule has 2 atom stereocenters. The Hall–Kier alpha value is -0.910. The molecule has 1 aliphatic carbocycles. The zero-order chi connectivity index (χ0) is 14.0. The second kappa shape index (κ2) is 5.61. The SMILES string of the molecule is CC1CCc2c(C(=O)NCC(C)(O)CO)csc2C1. The highest BCUT2D eigenvalue weighted by molar-refractivity contribution is 7.10. The number of thiophene rings is 1. The van der Waals surface area contributed by atoms with Crippen molar-refractivity contribution in [1.82, 2.24) is 5.32 Å². The highest BCUT2D eigenvalue weighted by Crippen LogP contribution is 2.32. The van der Waals surface area contributed by atoms with E-state index in [1.807, 2.05) is 5.38 Å². The Bertz CT molecular complexity index is 467. The molecule has 1 heterocycles. The second-order valence-corrected chi connectivity index (χ2v) is 6.70. The zero-order valence-corrected chi connectivity index (χ0v) is 12.2. The van der Waals surface area contributed by atoms with Crippen LogP contribution in [-0.4, -0.2) is 34.9 Å². The highest BCUT2D eigenvalue weighted by atomic mass is 32.1. The lowest BCUT2D eigenvalue weighted by Crippen LogP contribution is -2.43. The van der Waals surface area contributed by atoms with Gasteiger partial charge < -0.3 is 15.5 Å². The van der Waals surface area contributed by atoms with Gasteiger partial charge in [-0.15, -0.1) is 11.3 Å². The normalized spacial score (nSPS) is 21.6. The molecule has 2 unspecified atom stereocenters. The molecule has 1 amide bonds. The van der Waals surface area contributed by atoms with Crippen molar-refractivity contribution in [3.63, 3.8) is 0 Å². The predicted molar refractivity (Wildman–Crippen MR) is 75.6 cm³/mol. The number of aliphatic hydroxyl groups excluding tert-OH is 1. The molecule has 106 valence electrons. The number of aliphatic hydroxyl groups is 2. The van der Waals surface area contributed by atoms with Crippen molar-refractivity contribution in [2.75, 3.05) is 13.2 Å². The summed E-state index contributed by atoms with van der Waals surface area (Å²) in [6.07, 6.45) is 3.14. The van der Waals surface area contributed by atoms with Crippen LogP contribution in [0.15, 0.2) is 5.38 Å². The van der Waals surface area contributed by atoms with Crippen molar-refractivity contribution in [3.05, 3.63) is 21.4 Å². The number of nitrogens with one attached hydrogen (secondary N) is 1. The second-order valence-electron chi connectivity index (χ2n) is 5.74. The third-order valence-corrected chi connectivity index (χ3v) is 4.67. The van der Waals surface area contributed by atoms with Gasteiger partial charge in [-0.25, -0.2) is 0 Å². The van der Waals surface area contributed by atoms with Crippen LogP contribution in [0.2, 0.25) is 0 Å². The summed E-state index contributed by atoms with van der Waals surface area (Å²) in [5.41, 5.74) is 0.644. The minimum absolute atomic E-state index is 0.0589. The molecular formula is C14H21NO3S. The summed E-state index contributed by atoms with van der Waals surface area (Å²) in [5, 5.41) is 23.2. The fourth-order valence-electron chi connectivity index (χ4n) is 2.29. The number of hydrogen-bond acceptors (Lipinski definition) is 4. The first kappa shape index (κ1) is 14.5. The number of hydrogen-bond donors (Lipinski definition) is 3. The van der Waals surface area contributed by atoms with Crippen molar-refractivity contribution in [2.24, 2.45) is 5.92 Å². The molecule has 0 saturated carbocycles. The van der Waals surface area contributed by atoms with Crippen LogP contribution in [0, 0.1) is 5.92 Å². The van der Waals surface area contributed by atoms with Gasteiger partial charge in [-0.3, -0.25) is 4.79 Å². The lowest BCUT2D eigenvalue weighted by Gasteiger charge is -2.21. The van der Waals surface area contributed by atoms with E-state index in [0.29, 0.717) is 5.92 Å². The lowest BCUT2D eigenvalue weighted by atomic mass is 9.88. The maximum Gasteiger partial charge on any atom is 0.252 e. The van der Waals surface area contributed by atoms with E-state index >= 15 is 0 Å². The van der Waals surface area contributed by atoms with Gasteiger partial charge in [-0.1, -0.05) is 6.92 Å². The molecule has 0 fully saturated rings. The van der Waals surface area contributed by atoms with Gasteiger partial charge >= 0.3 is 0 Å². The van der Waals surface area contributed by atoms with Crippen LogP contribution >= 0.6 is 11.3 Å². The first-order chi connectivity index (χ1) is 8.93. The standard InChI is InChI=1S/C14H21NO3S/c1-9-3-4-10-11(6-19-12(10)5-9)13(17)15-7-14(2,18)8-16/h6,9,16,18H,3-5,7-8H2,1-2H3,(H,15,17). The number of rotatable bonds is 4. The molecule has 1 aliphatic rings. The first-order valence-electron chi connectivity index (χ1n) is 6.63. The Morgan fingerprint density at radius 2 is 2.37 bits per heavy atom. The molecular weight excluding hydrogens is 262 g/mol. The number of fused-ring (bicyclic) bond motifs is 1. The van der Waals surface area contributed by atoms with Gasteiger partial charge in [-0.05, 0) is 37.7 Å². The van der Waals surface area contributed by atoms with E-state index in [4.69, 9.17) is 5.11 Å². The molecule has 5 heteroatoms. The average Bonchev–Trinajstić information content (AvgIpc) is 2.79. The predicted octanol–water partition coefficient (Wildman–Crippen LogP) is 1.35. The first-order valence-corrected chi connectivity index (χ1v) is 7.51. The van der Waals surface area contributed by atoms with E-state index in [-0.39, 0.29) is 19.1 Å². The molecule has 4 nitrogen and oxygen atoms in total. The maximum absolute atomic E-state index is 12.1. The van der Waals surface area contributed by atoms with Gasteiger partial charge in [0, 0.05) is 16.8 Å². The number of carbonyl (C=O) groups is 1. The molecule has 0 aliphatic heterocycles. The lowest BCUT2D eigenvalue weighted by molar-refractivity contribution is 0.00319.